The zero-order chi connectivity index (χ0) is 15.4. The van der Waals surface area contributed by atoms with Crippen molar-refractivity contribution in [3.63, 3.8) is 0 Å². The van der Waals surface area contributed by atoms with Gasteiger partial charge in [0.15, 0.2) is 0 Å². The molecule has 0 atom stereocenters. The van der Waals surface area contributed by atoms with E-state index in [1.165, 1.54) is 5.56 Å². The quantitative estimate of drug-likeness (QED) is 0.803. The van der Waals surface area contributed by atoms with Crippen LogP contribution in [0.15, 0.2) is 54.6 Å². The van der Waals surface area contributed by atoms with E-state index in [1.54, 1.807) is 4.68 Å². The summed E-state index contributed by atoms with van der Waals surface area (Å²) < 4.78 is 1.74. The van der Waals surface area contributed by atoms with Gasteiger partial charge < -0.3 is 5.11 Å². The van der Waals surface area contributed by atoms with Gasteiger partial charge in [0.1, 0.15) is 5.69 Å². The minimum Gasteiger partial charge on any atom is -0.390 e. The van der Waals surface area contributed by atoms with Gasteiger partial charge in [-0.15, -0.1) is 5.10 Å². The maximum Gasteiger partial charge on any atom is 0.116 e. The molecular weight excluding hydrogens is 274 g/mol. The molecule has 0 aliphatic heterocycles. The smallest absolute Gasteiger partial charge is 0.116 e. The molecule has 0 aliphatic carbocycles. The topological polar surface area (TPSA) is 50.9 Å². The third kappa shape index (κ3) is 2.97. The van der Waals surface area contributed by atoms with E-state index in [2.05, 4.69) is 10.3 Å². The van der Waals surface area contributed by atoms with Gasteiger partial charge in [0, 0.05) is 0 Å². The molecular formula is C18H17N3O. The van der Waals surface area contributed by atoms with Crippen LogP contribution in [0.2, 0.25) is 0 Å². The number of rotatable bonds is 4. The fourth-order valence-electron chi connectivity index (χ4n) is 2.22. The van der Waals surface area contributed by atoms with Gasteiger partial charge >= 0.3 is 0 Å². The van der Waals surface area contributed by atoms with Crippen LogP contribution in [0.25, 0.3) is 17.8 Å². The maximum atomic E-state index is 9.47. The molecule has 0 amide bonds. The van der Waals surface area contributed by atoms with Gasteiger partial charge in [0.25, 0.3) is 0 Å². The molecule has 4 heteroatoms. The van der Waals surface area contributed by atoms with Crippen molar-refractivity contribution < 1.29 is 5.11 Å². The first-order valence-corrected chi connectivity index (χ1v) is 7.13. The number of nitrogens with zero attached hydrogens (tertiary/aromatic N) is 3. The summed E-state index contributed by atoms with van der Waals surface area (Å²) in [5.74, 6) is 0. The Morgan fingerprint density at radius 2 is 1.73 bits per heavy atom. The molecule has 2 aromatic carbocycles. The van der Waals surface area contributed by atoms with Gasteiger partial charge in [-0.05, 0) is 30.7 Å². The number of hydrogen-bond acceptors (Lipinski definition) is 3. The van der Waals surface area contributed by atoms with Crippen LogP contribution < -0.4 is 0 Å². The Labute approximate surface area is 129 Å². The molecule has 3 aromatic rings. The summed E-state index contributed by atoms with van der Waals surface area (Å²) in [5, 5.41) is 17.7. The lowest BCUT2D eigenvalue weighted by atomic mass is 10.2. The van der Waals surface area contributed by atoms with Crippen LogP contribution in [0.5, 0.6) is 0 Å². The second-order valence-electron chi connectivity index (χ2n) is 5.07. The number of benzene rings is 2. The SMILES string of the molecule is Cc1ccc(-n2nnc(CO)c2/C=C/c2ccccc2)cc1. The van der Waals surface area contributed by atoms with Crippen LogP contribution in [-0.2, 0) is 6.61 Å². The molecule has 0 bridgehead atoms. The van der Waals surface area contributed by atoms with Gasteiger partial charge in [-0.3, -0.25) is 0 Å². The lowest BCUT2D eigenvalue weighted by molar-refractivity contribution is 0.276. The zero-order valence-electron chi connectivity index (χ0n) is 12.3. The van der Waals surface area contributed by atoms with Crippen LogP contribution in [-0.4, -0.2) is 20.1 Å². The Bertz CT molecular complexity index is 774. The third-order valence-electron chi connectivity index (χ3n) is 3.44. The van der Waals surface area contributed by atoms with Gasteiger partial charge in [0.2, 0.25) is 0 Å². The highest BCUT2D eigenvalue weighted by Gasteiger charge is 2.10. The molecule has 1 N–H and O–H groups in total. The minimum atomic E-state index is -0.139. The Morgan fingerprint density at radius 3 is 2.41 bits per heavy atom. The fourth-order valence-corrected chi connectivity index (χ4v) is 2.22. The molecule has 1 heterocycles. The van der Waals surface area contributed by atoms with Crippen molar-refractivity contribution in [2.24, 2.45) is 0 Å². The van der Waals surface area contributed by atoms with Gasteiger partial charge in [-0.25, -0.2) is 4.68 Å². The Morgan fingerprint density at radius 1 is 1.00 bits per heavy atom. The van der Waals surface area contributed by atoms with E-state index < -0.39 is 0 Å². The second kappa shape index (κ2) is 6.37. The number of aromatic nitrogens is 3. The van der Waals surface area contributed by atoms with Crippen molar-refractivity contribution in [3.05, 3.63) is 77.1 Å². The first kappa shape index (κ1) is 14.2. The molecule has 0 spiro atoms. The average Bonchev–Trinajstić information content (AvgIpc) is 2.97. The van der Waals surface area contributed by atoms with Crippen molar-refractivity contribution in [1.82, 2.24) is 15.0 Å². The molecule has 0 unspecified atom stereocenters. The van der Waals surface area contributed by atoms with E-state index >= 15 is 0 Å². The van der Waals surface area contributed by atoms with E-state index in [0.717, 1.165) is 16.9 Å². The largest absolute Gasteiger partial charge is 0.390 e. The summed E-state index contributed by atoms with van der Waals surface area (Å²) in [6, 6.07) is 18.0. The van der Waals surface area contributed by atoms with Crippen molar-refractivity contribution >= 4 is 12.2 Å². The Balaban J connectivity index is 2.00. The van der Waals surface area contributed by atoms with E-state index in [1.807, 2.05) is 73.7 Å². The normalized spacial score (nSPS) is 11.2. The molecule has 0 aliphatic rings. The lowest BCUT2D eigenvalue weighted by Crippen LogP contribution is -2.00. The minimum absolute atomic E-state index is 0.139. The highest BCUT2D eigenvalue weighted by molar-refractivity contribution is 5.69. The van der Waals surface area contributed by atoms with E-state index in [9.17, 15) is 5.11 Å². The molecule has 110 valence electrons. The number of aryl methyl sites for hydroxylation is 1. The summed E-state index contributed by atoms with van der Waals surface area (Å²) in [6.07, 6.45) is 3.92. The van der Waals surface area contributed by atoms with E-state index in [-0.39, 0.29) is 6.61 Å². The monoisotopic (exact) mass is 291 g/mol. The third-order valence-corrected chi connectivity index (χ3v) is 3.44. The molecule has 0 radical (unpaired) electrons. The molecule has 1 aromatic heterocycles. The first-order valence-electron chi connectivity index (χ1n) is 7.13. The molecule has 0 fully saturated rings. The molecule has 0 saturated carbocycles. The van der Waals surface area contributed by atoms with E-state index in [0.29, 0.717) is 5.69 Å². The van der Waals surface area contributed by atoms with Crippen molar-refractivity contribution in [3.8, 4) is 5.69 Å². The van der Waals surface area contributed by atoms with Gasteiger partial charge in [-0.1, -0.05) is 59.3 Å². The summed E-state index contributed by atoms with van der Waals surface area (Å²) in [4.78, 5) is 0. The van der Waals surface area contributed by atoms with Crippen molar-refractivity contribution in [2.75, 3.05) is 0 Å². The predicted molar refractivity (Wildman–Crippen MR) is 87.4 cm³/mol. The van der Waals surface area contributed by atoms with Crippen LogP contribution in [0.4, 0.5) is 0 Å². The van der Waals surface area contributed by atoms with Crippen LogP contribution in [0.1, 0.15) is 22.5 Å². The summed E-state index contributed by atoms with van der Waals surface area (Å²) in [6.45, 7) is 1.90. The lowest BCUT2D eigenvalue weighted by Gasteiger charge is -2.04. The van der Waals surface area contributed by atoms with Gasteiger partial charge in [-0.2, -0.15) is 0 Å². The van der Waals surface area contributed by atoms with Crippen LogP contribution >= 0.6 is 0 Å². The average molecular weight is 291 g/mol. The first-order chi connectivity index (χ1) is 10.8. The van der Waals surface area contributed by atoms with Crippen LogP contribution in [0.3, 0.4) is 0 Å². The van der Waals surface area contributed by atoms with Crippen LogP contribution in [0, 0.1) is 6.92 Å². The highest BCUT2D eigenvalue weighted by Crippen LogP contribution is 2.17. The fraction of sp³-hybridized carbons (Fsp3) is 0.111. The molecule has 0 saturated heterocycles. The molecule has 22 heavy (non-hydrogen) atoms. The second-order valence-corrected chi connectivity index (χ2v) is 5.07. The summed E-state index contributed by atoms with van der Waals surface area (Å²) >= 11 is 0. The van der Waals surface area contributed by atoms with Crippen molar-refractivity contribution in [2.45, 2.75) is 13.5 Å². The zero-order valence-corrected chi connectivity index (χ0v) is 12.3. The molecule has 4 nitrogen and oxygen atoms in total. The number of aliphatic hydroxyl groups is 1. The van der Waals surface area contributed by atoms with Crippen molar-refractivity contribution in [1.29, 1.82) is 0 Å². The predicted octanol–water partition coefficient (Wildman–Crippen LogP) is 3.24. The summed E-state index contributed by atoms with van der Waals surface area (Å²) in [5.41, 5.74) is 4.55. The Hall–Kier alpha value is -2.72. The summed E-state index contributed by atoms with van der Waals surface area (Å²) in [7, 11) is 0. The Kier molecular flexibility index (Phi) is 4.12. The number of hydrogen-bond donors (Lipinski definition) is 1. The number of aliphatic hydroxyl groups excluding tert-OH is 1. The van der Waals surface area contributed by atoms with E-state index in [4.69, 9.17) is 0 Å². The standard InChI is InChI=1S/C18H17N3O/c1-14-7-10-16(11-8-14)21-18(17(13-22)19-20-21)12-9-15-5-3-2-4-6-15/h2-12,22H,13H2,1H3/b12-9+. The van der Waals surface area contributed by atoms with Gasteiger partial charge in [0.05, 0.1) is 18.0 Å². The maximum absolute atomic E-state index is 9.47. The highest BCUT2D eigenvalue weighted by atomic mass is 16.3. The molecule has 3 rings (SSSR count).